The molecule has 0 amide bonds. The Hall–Kier alpha value is -1.81. The molecular weight excluding hydrogens is 254 g/mol. The second kappa shape index (κ2) is 4.94. The van der Waals surface area contributed by atoms with Gasteiger partial charge in [0.15, 0.2) is 0 Å². The van der Waals surface area contributed by atoms with Crippen LogP contribution in [0.25, 0.3) is 11.0 Å². The highest BCUT2D eigenvalue weighted by Gasteiger charge is 2.46. The van der Waals surface area contributed by atoms with Crippen LogP contribution in [0.2, 0.25) is 0 Å². The van der Waals surface area contributed by atoms with Crippen molar-refractivity contribution in [3.8, 4) is 0 Å². The second-order valence-corrected chi connectivity index (χ2v) is 5.47. The molecular formula is C16H19NO3. The van der Waals surface area contributed by atoms with Crippen molar-refractivity contribution in [3.05, 3.63) is 36.1 Å². The number of likely N-dealkylation sites (tertiary alicyclic amines) is 1. The topological polar surface area (TPSA) is 53.7 Å². The predicted octanol–water partition coefficient (Wildman–Crippen LogP) is 3.26. The van der Waals surface area contributed by atoms with E-state index in [0.717, 1.165) is 36.1 Å². The van der Waals surface area contributed by atoms with Gasteiger partial charge in [-0.3, -0.25) is 9.69 Å². The van der Waals surface area contributed by atoms with Crippen molar-refractivity contribution >= 4 is 16.9 Å². The maximum atomic E-state index is 11.7. The highest BCUT2D eigenvalue weighted by atomic mass is 16.4. The summed E-state index contributed by atoms with van der Waals surface area (Å²) in [5.41, 5.74) is 0.137. The maximum absolute atomic E-state index is 11.7. The zero-order valence-corrected chi connectivity index (χ0v) is 11.6. The Labute approximate surface area is 118 Å². The van der Waals surface area contributed by atoms with Crippen LogP contribution in [0.15, 0.2) is 34.7 Å². The van der Waals surface area contributed by atoms with Gasteiger partial charge in [-0.2, -0.15) is 0 Å². The molecule has 20 heavy (non-hydrogen) atoms. The fourth-order valence-electron chi connectivity index (χ4n) is 3.26. The highest BCUT2D eigenvalue weighted by molar-refractivity contribution is 5.79. The fourth-order valence-corrected chi connectivity index (χ4v) is 3.26. The third-order valence-corrected chi connectivity index (χ3v) is 4.43. The first kappa shape index (κ1) is 13.2. The summed E-state index contributed by atoms with van der Waals surface area (Å²) in [6.07, 6.45) is 2.28. The molecule has 0 radical (unpaired) electrons. The van der Waals surface area contributed by atoms with Crippen molar-refractivity contribution in [2.45, 2.75) is 38.3 Å². The lowest BCUT2D eigenvalue weighted by atomic mass is 9.93. The Morgan fingerprint density at radius 1 is 1.45 bits per heavy atom. The molecule has 0 spiro atoms. The zero-order chi connectivity index (χ0) is 14.2. The summed E-state index contributed by atoms with van der Waals surface area (Å²) >= 11 is 0. The number of furan rings is 1. The maximum Gasteiger partial charge on any atom is 0.324 e. The van der Waals surface area contributed by atoms with Gasteiger partial charge >= 0.3 is 5.97 Å². The van der Waals surface area contributed by atoms with Gasteiger partial charge in [-0.25, -0.2) is 0 Å². The predicted molar refractivity (Wildman–Crippen MR) is 76.5 cm³/mol. The van der Waals surface area contributed by atoms with Gasteiger partial charge < -0.3 is 9.52 Å². The van der Waals surface area contributed by atoms with Gasteiger partial charge in [-0.15, -0.1) is 0 Å². The minimum absolute atomic E-state index is 0.564. The van der Waals surface area contributed by atoms with Crippen molar-refractivity contribution in [1.29, 1.82) is 0 Å². The third-order valence-electron chi connectivity index (χ3n) is 4.43. The smallest absolute Gasteiger partial charge is 0.324 e. The molecule has 1 atom stereocenters. The van der Waals surface area contributed by atoms with Gasteiger partial charge in [-0.1, -0.05) is 25.1 Å². The third kappa shape index (κ3) is 2.00. The Morgan fingerprint density at radius 2 is 2.25 bits per heavy atom. The average molecular weight is 273 g/mol. The summed E-state index contributed by atoms with van der Waals surface area (Å²) in [4.78, 5) is 13.7. The summed E-state index contributed by atoms with van der Waals surface area (Å²) in [5.74, 6) is 0.126. The van der Waals surface area contributed by atoms with Crippen molar-refractivity contribution in [2.75, 3.05) is 6.54 Å². The average Bonchev–Trinajstić information content (AvgIpc) is 3.02. The van der Waals surface area contributed by atoms with Gasteiger partial charge in [0, 0.05) is 5.39 Å². The lowest BCUT2D eigenvalue weighted by Crippen LogP contribution is -2.49. The number of nitrogens with zero attached hydrogens (tertiary/aromatic N) is 1. The van der Waals surface area contributed by atoms with E-state index in [2.05, 4.69) is 0 Å². The van der Waals surface area contributed by atoms with E-state index in [9.17, 15) is 9.90 Å². The van der Waals surface area contributed by atoms with Crippen LogP contribution >= 0.6 is 0 Å². The number of para-hydroxylation sites is 1. The van der Waals surface area contributed by atoms with Crippen LogP contribution in [0.4, 0.5) is 0 Å². The number of carbonyl (C=O) groups is 1. The quantitative estimate of drug-likeness (QED) is 0.929. The Balaban J connectivity index is 1.88. The molecule has 0 saturated carbocycles. The standard InChI is InChI=1S/C16H19NO3/c1-2-16(15(18)19)8-5-9-17(16)11-13-10-12-6-3-4-7-14(12)20-13/h3-4,6-7,10H,2,5,8-9,11H2,1H3,(H,18,19). The molecule has 1 aliphatic rings. The molecule has 1 fully saturated rings. The zero-order valence-electron chi connectivity index (χ0n) is 11.6. The summed E-state index contributed by atoms with van der Waals surface area (Å²) in [6.45, 7) is 3.33. The highest BCUT2D eigenvalue weighted by Crippen LogP contribution is 2.34. The summed E-state index contributed by atoms with van der Waals surface area (Å²) < 4.78 is 5.81. The van der Waals surface area contributed by atoms with Gasteiger partial charge in [0.05, 0.1) is 6.54 Å². The summed E-state index contributed by atoms with van der Waals surface area (Å²) in [7, 11) is 0. The molecule has 0 aliphatic carbocycles. The van der Waals surface area contributed by atoms with Crippen LogP contribution in [0, 0.1) is 0 Å². The first-order valence-corrected chi connectivity index (χ1v) is 7.11. The number of hydrogen-bond donors (Lipinski definition) is 1. The monoisotopic (exact) mass is 273 g/mol. The van der Waals surface area contributed by atoms with Crippen molar-refractivity contribution in [3.63, 3.8) is 0 Å². The van der Waals surface area contributed by atoms with E-state index in [1.807, 2.05) is 42.2 Å². The molecule has 3 rings (SSSR count). The summed E-state index contributed by atoms with van der Waals surface area (Å²) in [6, 6.07) is 9.88. The normalized spacial score (nSPS) is 23.4. The number of rotatable bonds is 4. The van der Waals surface area contributed by atoms with Crippen LogP contribution in [0.1, 0.15) is 31.9 Å². The number of benzene rings is 1. The Bertz CT molecular complexity index is 600. The Kier molecular flexibility index (Phi) is 3.26. The molecule has 1 aromatic heterocycles. The lowest BCUT2D eigenvalue weighted by molar-refractivity contribution is -0.150. The molecule has 4 heteroatoms. The SMILES string of the molecule is CCC1(C(=O)O)CCCN1Cc1cc2ccccc2o1. The first-order valence-electron chi connectivity index (χ1n) is 7.11. The van der Waals surface area contributed by atoms with Gasteiger partial charge in [0.1, 0.15) is 16.9 Å². The van der Waals surface area contributed by atoms with E-state index in [1.165, 1.54) is 0 Å². The molecule has 1 aliphatic heterocycles. The van der Waals surface area contributed by atoms with E-state index >= 15 is 0 Å². The molecule has 0 bridgehead atoms. The molecule has 1 N–H and O–H groups in total. The second-order valence-electron chi connectivity index (χ2n) is 5.47. The van der Waals surface area contributed by atoms with E-state index < -0.39 is 11.5 Å². The van der Waals surface area contributed by atoms with Crippen LogP contribution in [-0.2, 0) is 11.3 Å². The molecule has 4 nitrogen and oxygen atoms in total. The minimum atomic E-state index is -0.723. The molecule has 1 saturated heterocycles. The van der Waals surface area contributed by atoms with Crippen molar-refractivity contribution in [1.82, 2.24) is 4.90 Å². The number of fused-ring (bicyclic) bond motifs is 1. The van der Waals surface area contributed by atoms with Crippen LogP contribution < -0.4 is 0 Å². The first-order chi connectivity index (χ1) is 9.65. The van der Waals surface area contributed by atoms with Crippen LogP contribution in [0.5, 0.6) is 0 Å². The molecule has 2 aromatic rings. The largest absolute Gasteiger partial charge is 0.480 e. The van der Waals surface area contributed by atoms with Gasteiger partial charge in [-0.05, 0) is 37.9 Å². The minimum Gasteiger partial charge on any atom is -0.480 e. The summed E-state index contributed by atoms with van der Waals surface area (Å²) in [5, 5.41) is 10.6. The van der Waals surface area contributed by atoms with Crippen molar-refractivity contribution in [2.24, 2.45) is 0 Å². The van der Waals surface area contributed by atoms with Gasteiger partial charge in [0.25, 0.3) is 0 Å². The fraction of sp³-hybridized carbons (Fsp3) is 0.438. The van der Waals surface area contributed by atoms with Crippen LogP contribution in [0.3, 0.4) is 0 Å². The number of aliphatic carboxylic acids is 1. The van der Waals surface area contributed by atoms with Gasteiger partial charge in [0.2, 0.25) is 0 Å². The van der Waals surface area contributed by atoms with Crippen LogP contribution in [-0.4, -0.2) is 28.1 Å². The van der Waals surface area contributed by atoms with E-state index in [0.29, 0.717) is 13.0 Å². The van der Waals surface area contributed by atoms with E-state index in [-0.39, 0.29) is 0 Å². The molecule has 1 aromatic carbocycles. The number of carboxylic acid groups (broad SMARTS) is 1. The lowest BCUT2D eigenvalue weighted by Gasteiger charge is -2.33. The molecule has 2 heterocycles. The number of hydrogen-bond acceptors (Lipinski definition) is 3. The Morgan fingerprint density at radius 3 is 2.95 bits per heavy atom. The van der Waals surface area contributed by atoms with Crippen molar-refractivity contribution < 1.29 is 14.3 Å². The number of carboxylic acids is 1. The van der Waals surface area contributed by atoms with E-state index in [4.69, 9.17) is 4.42 Å². The van der Waals surface area contributed by atoms with E-state index in [1.54, 1.807) is 0 Å². The molecule has 106 valence electrons. The molecule has 1 unspecified atom stereocenters.